The second kappa shape index (κ2) is 5.10. The maximum Gasteiger partial charge on any atom is 0.133 e. The zero-order valence-electron chi connectivity index (χ0n) is 9.58. The Balaban J connectivity index is 2.15. The van der Waals surface area contributed by atoms with Gasteiger partial charge in [-0.15, -0.1) is 0 Å². The van der Waals surface area contributed by atoms with Gasteiger partial charge in [-0.1, -0.05) is 23.7 Å². The zero-order valence-corrected chi connectivity index (χ0v) is 11.9. The van der Waals surface area contributed by atoms with E-state index in [1.807, 2.05) is 38.2 Å². The van der Waals surface area contributed by atoms with E-state index in [9.17, 15) is 0 Å². The van der Waals surface area contributed by atoms with Gasteiger partial charge in [0.05, 0.1) is 10.2 Å². The van der Waals surface area contributed by atoms with Gasteiger partial charge in [-0.2, -0.15) is 5.10 Å². The smallest absolute Gasteiger partial charge is 0.133 e. The van der Waals surface area contributed by atoms with E-state index in [-0.39, 0.29) is 0 Å². The van der Waals surface area contributed by atoms with Gasteiger partial charge in [-0.05, 0) is 35.0 Å². The van der Waals surface area contributed by atoms with Crippen LogP contribution in [-0.4, -0.2) is 9.78 Å². The molecule has 0 N–H and O–H groups in total. The molecule has 1 aromatic carbocycles. The third-order valence-electron chi connectivity index (χ3n) is 2.48. The third-order valence-corrected chi connectivity index (χ3v) is 3.61. The van der Waals surface area contributed by atoms with Gasteiger partial charge in [-0.25, -0.2) is 0 Å². The van der Waals surface area contributed by atoms with Gasteiger partial charge in [0.25, 0.3) is 0 Å². The second-order valence-electron chi connectivity index (χ2n) is 3.70. The Morgan fingerprint density at radius 3 is 2.71 bits per heavy atom. The van der Waals surface area contributed by atoms with E-state index < -0.39 is 0 Å². The summed E-state index contributed by atoms with van der Waals surface area (Å²) in [5, 5.41) is 4.86. The number of hydrogen-bond donors (Lipinski definition) is 0. The van der Waals surface area contributed by atoms with E-state index in [1.54, 1.807) is 4.68 Å². The van der Waals surface area contributed by atoms with Crippen molar-refractivity contribution in [2.24, 2.45) is 7.05 Å². The molecule has 1 aromatic heterocycles. The molecule has 17 heavy (non-hydrogen) atoms. The maximum atomic E-state index is 6.13. The van der Waals surface area contributed by atoms with Crippen LogP contribution in [0, 0.1) is 6.92 Å². The quantitative estimate of drug-likeness (QED) is 0.863. The molecule has 0 aliphatic carbocycles. The fraction of sp³-hybridized carbons (Fsp3) is 0.250. The van der Waals surface area contributed by atoms with Crippen molar-refractivity contribution in [3.8, 4) is 5.75 Å². The second-order valence-corrected chi connectivity index (χ2v) is 4.91. The lowest BCUT2D eigenvalue weighted by atomic mass is 10.3. The molecule has 5 heteroatoms. The maximum absolute atomic E-state index is 6.13. The van der Waals surface area contributed by atoms with E-state index in [0.717, 1.165) is 21.5 Å². The van der Waals surface area contributed by atoms with Crippen LogP contribution in [0.25, 0.3) is 0 Å². The van der Waals surface area contributed by atoms with Crippen LogP contribution in [0.3, 0.4) is 0 Å². The predicted molar refractivity (Wildman–Crippen MR) is 71.4 cm³/mol. The van der Waals surface area contributed by atoms with Crippen molar-refractivity contribution in [2.45, 2.75) is 13.5 Å². The van der Waals surface area contributed by atoms with Crippen LogP contribution < -0.4 is 4.74 Å². The van der Waals surface area contributed by atoms with Crippen molar-refractivity contribution in [2.75, 3.05) is 0 Å². The standard InChI is InChI=1S/C12H12BrClN2O/c1-8-9(12(14)16(2)15-8)7-17-11-6-4-3-5-10(11)13/h3-6H,7H2,1-2H3. The van der Waals surface area contributed by atoms with Gasteiger partial charge >= 0.3 is 0 Å². The molecule has 0 unspecified atom stereocenters. The minimum Gasteiger partial charge on any atom is -0.488 e. The first-order chi connectivity index (χ1) is 8.09. The molecule has 2 aromatic rings. The number of aromatic nitrogens is 2. The van der Waals surface area contributed by atoms with E-state index in [1.165, 1.54) is 0 Å². The summed E-state index contributed by atoms with van der Waals surface area (Å²) >= 11 is 9.56. The van der Waals surface area contributed by atoms with Gasteiger partial charge in [-0.3, -0.25) is 4.68 Å². The number of hydrogen-bond acceptors (Lipinski definition) is 2. The number of benzene rings is 1. The number of ether oxygens (including phenoxy) is 1. The Labute approximate surface area is 113 Å². The van der Waals surface area contributed by atoms with Crippen molar-refractivity contribution in [3.05, 3.63) is 45.1 Å². The minimum atomic E-state index is 0.418. The topological polar surface area (TPSA) is 27.1 Å². The summed E-state index contributed by atoms with van der Waals surface area (Å²) in [6.07, 6.45) is 0. The number of para-hydroxylation sites is 1. The van der Waals surface area contributed by atoms with E-state index in [2.05, 4.69) is 21.0 Å². The molecule has 0 aliphatic heterocycles. The van der Waals surface area contributed by atoms with Crippen molar-refractivity contribution in [1.29, 1.82) is 0 Å². The highest BCUT2D eigenvalue weighted by atomic mass is 79.9. The lowest BCUT2D eigenvalue weighted by molar-refractivity contribution is 0.303. The summed E-state index contributed by atoms with van der Waals surface area (Å²) in [6.45, 7) is 2.34. The molecule has 0 fully saturated rings. The molecule has 0 atom stereocenters. The number of halogens is 2. The molecule has 0 spiro atoms. The third kappa shape index (κ3) is 2.64. The molecule has 3 nitrogen and oxygen atoms in total. The monoisotopic (exact) mass is 314 g/mol. The van der Waals surface area contributed by atoms with Crippen molar-refractivity contribution >= 4 is 27.5 Å². The predicted octanol–water partition coefficient (Wildman–Crippen LogP) is 3.72. The Morgan fingerprint density at radius 1 is 1.41 bits per heavy atom. The van der Waals surface area contributed by atoms with Gasteiger partial charge in [0.1, 0.15) is 17.5 Å². The zero-order chi connectivity index (χ0) is 12.4. The molecular weight excluding hydrogens is 304 g/mol. The highest BCUT2D eigenvalue weighted by Crippen LogP contribution is 2.26. The molecule has 0 saturated carbocycles. The first-order valence-electron chi connectivity index (χ1n) is 5.15. The molecule has 0 aliphatic rings. The fourth-order valence-electron chi connectivity index (χ4n) is 1.55. The van der Waals surface area contributed by atoms with Crippen LogP contribution in [0.4, 0.5) is 0 Å². The largest absolute Gasteiger partial charge is 0.488 e. The Morgan fingerprint density at radius 2 is 2.12 bits per heavy atom. The first kappa shape index (κ1) is 12.5. The van der Waals surface area contributed by atoms with E-state index >= 15 is 0 Å². The van der Waals surface area contributed by atoms with Crippen molar-refractivity contribution < 1.29 is 4.74 Å². The van der Waals surface area contributed by atoms with Crippen LogP contribution in [0.1, 0.15) is 11.3 Å². The fourth-order valence-corrected chi connectivity index (χ4v) is 2.18. The molecule has 90 valence electrons. The lowest BCUT2D eigenvalue weighted by Gasteiger charge is -2.07. The Hall–Kier alpha value is -1.000. The lowest BCUT2D eigenvalue weighted by Crippen LogP contribution is -1.97. The summed E-state index contributed by atoms with van der Waals surface area (Å²) in [4.78, 5) is 0. The van der Waals surface area contributed by atoms with Crippen LogP contribution in [0.2, 0.25) is 5.15 Å². The van der Waals surface area contributed by atoms with Crippen LogP contribution in [-0.2, 0) is 13.7 Å². The van der Waals surface area contributed by atoms with E-state index in [0.29, 0.717) is 11.8 Å². The normalized spacial score (nSPS) is 10.6. The minimum absolute atomic E-state index is 0.418. The van der Waals surface area contributed by atoms with Crippen molar-refractivity contribution in [3.63, 3.8) is 0 Å². The van der Waals surface area contributed by atoms with Gasteiger partial charge in [0, 0.05) is 12.6 Å². The molecule has 2 rings (SSSR count). The van der Waals surface area contributed by atoms with Gasteiger partial charge in [0.15, 0.2) is 0 Å². The summed E-state index contributed by atoms with van der Waals surface area (Å²) in [6, 6.07) is 7.72. The molecule has 0 bridgehead atoms. The van der Waals surface area contributed by atoms with Crippen LogP contribution in [0.15, 0.2) is 28.7 Å². The number of aryl methyl sites for hydroxylation is 2. The summed E-state index contributed by atoms with van der Waals surface area (Å²) < 4.78 is 8.29. The molecule has 0 amide bonds. The van der Waals surface area contributed by atoms with Crippen LogP contribution >= 0.6 is 27.5 Å². The average Bonchev–Trinajstić information content (AvgIpc) is 2.53. The SMILES string of the molecule is Cc1nn(C)c(Cl)c1COc1ccccc1Br. The summed E-state index contributed by atoms with van der Waals surface area (Å²) in [5.41, 5.74) is 1.81. The molecule has 0 saturated heterocycles. The molecule has 0 radical (unpaired) electrons. The van der Waals surface area contributed by atoms with E-state index in [4.69, 9.17) is 16.3 Å². The number of rotatable bonds is 3. The molecule has 1 heterocycles. The highest BCUT2D eigenvalue weighted by molar-refractivity contribution is 9.10. The van der Waals surface area contributed by atoms with Gasteiger partial charge < -0.3 is 4.74 Å². The van der Waals surface area contributed by atoms with Crippen molar-refractivity contribution in [1.82, 2.24) is 9.78 Å². The highest BCUT2D eigenvalue weighted by Gasteiger charge is 2.12. The van der Waals surface area contributed by atoms with Crippen LogP contribution in [0.5, 0.6) is 5.75 Å². The summed E-state index contributed by atoms with van der Waals surface area (Å²) in [7, 11) is 1.82. The average molecular weight is 316 g/mol. The van der Waals surface area contributed by atoms with Gasteiger partial charge in [0.2, 0.25) is 0 Å². The molecular formula is C12H12BrClN2O. The summed E-state index contributed by atoms with van der Waals surface area (Å²) in [5.74, 6) is 0.798. The number of nitrogens with zero attached hydrogens (tertiary/aromatic N) is 2. The Kier molecular flexibility index (Phi) is 3.74. The first-order valence-corrected chi connectivity index (χ1v) is 6.32. The Bertz CT molecular complexity index is 539.